The Kier molecular flexibility index (Phi) is 4.27. The average molecular weight is 356 g/mol. The Morgan fingerprint density at radius 3 is 2.00 bits per heavy atom. The molecule has 4 rings (SSSR count). The molecular weight excluding hydrogens is 334 g/mol. The van der Waals surface area contributed by atoms with E-state index in [4.69, 9.17) is 5.73 Å². The fourth-order valence-electron chi connectivity index (χ4n) is 3.35. The van der Waals surface area contributed by atoms with E-state index in [0.717, 1.165) is 42.4 Å². The Balaban J connectivity index is 1.50. The van der Waals surface area contributed by atoms with Crippen LogP contribution in [-0.4, -0.2) is 18.4 Å². The van der Waals surface area contributed by atoms with Gasteiger partial charge in [-0.15, -0.1) is 0 Å². The van der Waals surface area contributed by atoms with Gasteiger partial charge in [-0.1, -0.05) is 48.5 Å². The summed E-state index contributed by atoms with van der Waals surface area (Å²) >= 11 is 0. The number of alkyl halides is 2. The molecule has 26 heavy (non-hydrogen) atoms. The first-order valence-electron chi connectivity index (χ1n) is 9.05. The summed E-state index contributed by atoms with van der Waals surface area (Å²) in [5.74, 6) is 0.151. The molecule has 1 atom stereocenters. The minimum absolute atomic E-state index is 0.151. The molecule has 0 heterocycles. The molecule has 0 aromatic heterocycles. The summed E-state index contributed by atoms with van der Waals surface area (Å²) in [5.41, 5.74) is 8.53. The smallest absolute Gasteiger partial charge is 0.257 e. The molecule has 2 aliphatic carbocycles. The summed E-state index contributed by atoms with van der Waals surface area (Å²) in [7, 11) is 0. The molecule has 3 N–H and O–H groups in total. The van der Waals surface area contributed by atoms with E-state index in [0.29, 0.717) is 11.6 Å². The number of halogens is 2. The van der Waals surface area contributed by atoms with Crippen LogP contribution in [0.25, 0.3) is 11.1 Å². The number of hydrogen-bond donors (Lipinski definition) is 2. The van der Waals surface area contributed by atoms with Crippen molar-refractivity contribution in [3.8, 4) is 11.1 Å². The summed E-state index contributed by atoms with van der Waals surface area (Å²) in [5, 5.41) is 3.12. The number of rotatable bonds is 6. The van der Waals surface area contributed by atoms with Crippen LogP contribution in [0.1, 0.15) is 42.9 Å². The van der Waals surface area contributed by atoms with Gasteiger partial charge in [-0.05, 0) is 47.9 Å². The lowest BCUT2D eigenvalue weighted by molar-refractivity contribution is -0.123. The molecule has 0 spiro atoms. The Bertz CT molecular complexity index is 794. The number of nitrogens with one attached hydrogen (secondary N) is 1. The van der Waals surface area contributed by atoms with Crippen LogP contribution in [0.4, 0.5) is 8.78 Å². The number of hydrogen-bond acceptors (Lipinski definition) is 2. The lowest BCUT2D eigenvalue weighted by Gasteiger charge is -2.16. The fourth-order valence-corrected chi connectivity index (χ4v) is 3.35. The van der Waals surface area contributed by atoms with Crippen molar-refractivity contribution in [1.29, 1.82) is 0 Å². The van der Waals surface area contributed by atoms with E-state index in [1.54, 1.807) is 24.3 Å². The van der Waals surface area contributed by atoms with Crippen molar-refractivity contribution in [3.63, 3.8) is 0 Å². The van der Waals surface area contributed by atoms with Crippen molar-refractivity contribution < 1.29 is 13.6 Å². The highest BCUT2D eigenvalue weighted by Crippen LogP contribution is 2.49. The molecule has 136 valence electrons. The molecule has 0 unspecified atom stereocenters. The molecule has 2 aliphatic rings. The summed E-state index contributed by atoms with van der Waals surface area (Å²) in [4.78, 5) is 12.5. The quantitative estimate of drug-likeness (QED) is 0.824. The summed E-state index contributed by atoms with van der Waals surface area (Å²) in [6, 6.07) is 14.0. The molecule has 2 saturated carbocycles. The largest absolute Gasteiger partial charge is 0.353 e. The molecule has 0 radical (unpaired) electrons. The van der Waals surface area contributed by atoms with E-state index < -0.39 is 12.5 Å². The van der Waals surface area contributed by atoms with Gasteiger partial charge in [0.1, 0.15) is 0 Å². The molecule has 2 fully saturated rings. The normalized spacial score (nSPS) is 19.2. The van der Waals surface area contributed by atoms with Gasteiger partial charge in [-0.25, -0.2) is 8.78 Å². The van der Waals surface area contributed by atoms with Crippen molar-refractivity contribution in [1.82, 2.24) is 5.32 Å². The van der Waals surface area contributed by atoms with Crippen LogP contribution >= 0.6 is 0 Å². The second-order valence-corrected chi connectivity index (χ2v) is 7.39. The second kappa shape index (κ2) is 6.47. The molecule has 5 heteroatoms. The van der Waals surface area contributed by atoms with Gasteiger partial charge in [-0.2, -0.15) is 0 Å². The van der Waals surface area contributed by atoms with Crippen LogP contribution in [0.3, 0.4) is 0 Å². The lowest BCUT2D eigenvalue weighted by Crippen LogP contribution is -2.36. The number of amides is 1. The SMILES string of the molecule is N[C@@H](c1ccc(-c2ccc(C3(C(=O)NC4CC4)CC3)cc2)cc1)C(F)F. The van der Waals surface area contributed by atoms with E-state index in [-0.39, 0.29) is 11.3 Å². The van der Waals surface area contributed by atoms with E-state index >= 15 is 0 Å². The third-order valence-electron chi connectivity index (χ3n) is 5.44. The van der Waals surface area contributed by atoms with Gasteiger partial charge in [0.2, 0.25) is 5.91 Å². The first-order valence-corrected chi connectivity index (χ1v) is 9.05. The highest BCUT2D eigenvalue weighted by atomic mass is 19.3. The second-order valence-electron chi connectivity index (χ2n) is 7.39. The summed E-state index contributed by atoms with van der Waals surface area (Å²) in [6.45, 7) is 0. The molecule has 0 aliphatic heterocycles. The highest BCUT2D eigenvalue weighted by Gasteiger charge is 2.52. The Hall–Kier alpha value is -2.27. The predicted molar refractivity (Wildman–Crippen MR) is 96.9 cm³/mol. The summed E-state index contributed by atoms with van der Waals surface area (Å²) < 4.78 is 25.4. The van der Waals surface area contributed by atoms with E-state index in [2.05, 4.69) is 5.32 Å². The van der Waals surface area contributed by atoms with Crippen LogP contribution in [-0.2, 0) is 10.2 Å². The zero-order chi connectivity index (χ0) is 18.3. The molecule has 0 saturated heterocycles. The zero-order valence-corrected chi connectivity index (χ0v) is 14.4. The lowest BCUT2D eigenvalue weighted by atomic mass is 9.92. The number of carbonyl (C=O) groups is 1. The maximum absolute atomic E-state index is 12.7. The van der Waals surface area contributed by atoms with Gasteiger partial charge in [0.05, 0.1) is 11.5 Å². The van der Waals surface area contributed by atoms with Gasteiger partial charge >= 0.3 is 0 Å². The Morgan fingerprint density at radius 1 is 1.00 bits per heavy atom. The fraction of sp³-hybridized carbons (Fsp3) is 0.381. The first-order chi connectivity index (χ1) is 12.5. The molecule has 2 aromatic rings. The van der Waals surface area contributed by atoms with Crippen molar-refractivity contribution in [2.24, 2.45) is 5.73 Å². The van der Waals surface area contributed by atoms with Crippen molar-refractivity contribution in [3.05, 3.63) is 59.7 Å². The maximum atomic E-state index is 12.7. The standard InChI is InChI=1S/C21H22F2N2O/c22-19(23)18(24)15-3-1-13(2-4-15)14-5-7-16(8-6-14)21(11-12-21)20(26)25-17-9-10-17/h1-8,17-19H,9-12,24H2,(H,25,26)/t18-/m0/s1. The topological polar surface area (TPSA) is 55.1 Å². The first kappa shape index (κ1) is 17.2. The average Bonchev–Trinajstić information content (AvgIpc) is 3.56. The van der Waals surface area contributed by atoms with Crippen LogP contribution < -0.4 is 11.1 Å². The van der Waals surface area contributed by atoms with Gasteiger partial charge in [0.15, 0.2) is 0 Å². The molecule has 1 amide bonds. The zero-order valence-electron chi connectivity index (χ0n) is 14.4. The van der Waals surface area contributed by atoms with Gasteiger partial charge in [-0.3, -0.25) is 4.79 Å². The maximum Gasteiger partial charge on any atom is 0.257 e. The van der Waals surface area contributed by atoms with E-state index in [1.807, 2.05) is 24.3 Å². The highest BCUT2D eigenvalue weighted by molar-refractivity contribution is 5.91. The number of carbonyl (C=O) groups excluding carboxylic acids is 1. The van der Waals surface area contributed by atoms with Gasteiger partial charge < -0.3 is 11.1 Å². The predicted octanol–water partition coefficient (Wildman–Crippen LogP) is 3.93. The van der Waals surface area contributed by atoms with Gasteiger partial charge in [0.25, 0.3) is 6.43 Å². The minimum Gasteiger partial charge on any atom is -0.353 e. The van der Waals surface area contributed by atoms with E-state index in [1.165, 1.54) is 0 Å². The van der Waals surface area contributed by atoms with Crippen LogP contribution in [0, 0.1) is 0 Å². The molecule has 0 bridgehead atoms. The Labute approximate surface area is 151 Å². The van der Waals surface area contributed by atoms with Crippen molar-refractivity contribution >= 4 is 5.91 Å². The van der Waals surface area contributed by atoms with Crippen LogP contribution in [0.5, 0.6) is 0 Å². The monoisotopic (exact) mass is 356 g/mol. The number of benzene rings is 2. The third-order valence-corrected chi connectivity index (χ3v) is 5.44. The molecular formula is C21H22F2N2O. The third kappa shape index (κ3) is 3.23. The minimum atomic E-state index is -2.57. The van der Waals surface area contributed by atoms with Crippen LogP contribution in [0.2, 0.25) is 0 Å². The van der Waals surface area contributed by atoms with E-state index in [9.17, 15) is 13.6 Å². The van der Waals surface area contributed by atoms with Gasteiger partial charge in [0, 0.05) is 6.04 Å². The molecule has 2 aromatic carbocycles. The Morgan fingerprint density at radius 2 is 1.54 bits per heavy atom. The number of nitrogens with two attached hydrogens (primary N) is 1. The van der Waals surface area contributed by atoms with Crippen molar-refractivity contribution in [2.45, 2.75) is 49.6 Å². The van der Waals surface area contributed by atoms with Crippen LogP contribution in [0.15, 0.2) is 48.5 Å². The summed E-state index contributed by atoms with van der Waals surface area (Å²) in [6.07, 6.45) is 1.39. The molecule has 3 nitrogen and oxygen atoms in total. The van der Waals surface area contributed by atoms with Crippen molar-refractivity contribution in [2.75, 3.05) is 0 Å².